The summed E-state index contributed by atoms with van der Waals surface area (Å²) < 4.78 is 5.24. The Morgan fingerprint density at radius 3 is 2.33 bits per heavy atom. The zero-order valence-corrected chi connectivity index (χ0v) is 15.7. The number of H-pyrrole nitrogens is 1. The van der Waals surface area contributed by atoms with Gasteiger partial charge in [0.15, 0.2) is 0 Å². The predicted molar refractivity (Wildman–Crippen MR) is 106 cm³/mol. The second kappa shape index (κ2) is 8.51. The topological polar surface area (TPSA) is 79.0 Å². The highest BCUT2D eigenvalue weighted by Crippen LogP contribution is 2.24. The van der Waals surface area contributed by atoms with E-state index in [0.717, 1.165) is 34.0 Å². The number of aryl methyl sites for hydroxylation is 2. The molecule has 0 aliphatic heterocycles. The van der Waals surface area contributed by atoms with Crippen LogP contribution < -0.4 is 15.4 Å². The van der Waals surface area contributed by atoms with Crippen LogP contribution in [0.3, 0.4) is 0 Å². The molecule has 1 amide bonds. The molecule has 3 aromatic rings. The maximum Gasteiger partial charge on any atom is 0.238 e. The van der Waals surface area contributed by atoms with E-state index in [9.17, 15) is 4.79 Å². The average Bonchev–Trinajstić information content (AvgIpc) is 3.01. The Bertz CT molecular complexity index is 869. The first-order chi connectivity index (χ1) is 13.1. The third kappa shape index (κ3) is 4.54. The number of nitrogens with one attached hydrogen (secondary N) is 3. The lowest BCUT2D eigenvalue weighted by Crippen LogP contribution is -2.32. The summed E-state index contributed by atoms with van der Waals surface area (Å²) in [6.07, 6.45) is 0. The number of ether oxygens (including phenoxy) is 1. The van der Waals surface area contributed by atoms with E-state index in [1.807, 2.05) is 68.4 Å². The minimum absolute atomic E-state index is 0.102. The first-order valence-electron chi connectivity index (χ1n) is 8.82. The van der Waals surface area contributed by atoms with Crippen LogP contribution >= 0.6 is 0 Å². The number of anilines is 1. The first-order valence-corrected chi connectivity index (χ1v) is 8.82. The van der Waals surface area contributed by atoms with Crippen LogP contribution in [0, 0.1) is 13.8 Å². The standard InChI is InChI=1S/C21H24N4O2/c1-14-20(15(2)25-24-14)23-19(26)13-22-21(16-7-5-4-6-8-16)17-9-11-18(27-3)12-10-17/h4-12,21-22H,13H2,1-3H3,(H,23,26)(H,24,25)/t21-/m0/s1. The molecule has 0 unspecified atom stereocenters. The van der Waals surface area contributed by atoms with Gasteiger partial charge < -0.3 is 10.1 Å². The van der Waals surface area contributed by atoms with Crippen LogP contribution in [0.1, 0.15) is 28.6 Å². The summed E-state index contributed by atoms with van der Waals surface area (Å²) in [5, 5.41) is 13.3. The number of carbonyl (C=O) groups is 1. The fourth-order valence-electron chi connectivity index (χ4n) is 2.98. The molecule has 3 rings (SSSR count). The monoisotopic (exact) mass is 364 g/mol. The molecular formula is C21H24N4O2. The number of rotatable bonds is 7. The number of methoxy groups -OCH3 is 1. The van der Waals surface area contributed by atoms with E-state index < -0.39 is 0 Å². The van der Waals surface area contributed by atoms with Crippen LogP contribution in [0.5, 0.6) is 5.75 Å². The maximum atomic E-state index is 12.4. The zero-order chi connectivity index (χ0) is 19.2. The van der Waals surface area contributed by atoms with E-state index >= 15 is 0 Å². The Morgan fingerprint density at radius 2 is 1.74 bits per heavy atom. The Labute approximate surface area is 159 Å². The highest BCUT2D eigenvalue weighted by atomic mass is 16.5. The van der Waals surface area contributed by atoms with Gasteiger partial charge in [0.25, 0.3) is 0 Å². The van der Waals surface area contributed by atoms with Crippen LogP contribution in [-0.2, 0) is 4.79 Å². The number of benzene rings is 2. The molecule has 0 aliphatic carbocycles. The third-order valence-electron chi connectivity index (χ3n) is 4.44. The molecule has 27 heavy (non-hydrogen) atoms. The summed E-state index contributed by atoms with van der Waals surface area (Å²) in [4.78, 5) is 12.4. The summed E-state index contributed by atoms with van der Waals surface area (Å²) in [6.45, 7) is 3.92. The molecule has 6 nitrogen and oxygen atoms in total. The van der Waals surface area contributed by atoms with Crippen molar-refractivity contribution in [1.29, 1.82) is 0 Å². The number of hydrogen-bond donors (Lipinski definition) is 3. The largest absolute Gasteiger partial charge is 0.497 e. The van der Waals surface area contributed by atoms with E-state index in [1.54, 1.807) is 7.11 Å². The minimum atomic E-state index is -0.114. The smallest absolute Gasteiger partial charge is 0.238 e. The number of hydrogen-bond acceptors (Lipinski definition) is 4. The van der Waals surface area contributed by atoms with Crippen LogP contribution in [0.4, 0.5) is 5.69 Å². The fraction of sp³-hybridized carbons (Fsp3) is 0.238. The van der Waals surface area contributed by atoms with Gasteiger partial charge in [-0.1, -0.05) is 42.5 Å². The molecule has 1 aromatic heterocycles. The lowest BCUT2D eigenvalue weighted by molar-refractivity contribution is -0.115. The van der Waals surface area contributed by atoms with Crippen LogP contribution in [0.2, 0.25) is 0 Å². The summed E-state index contributed by atoms with van der Waals surface area (Å²) in [7, 11) is 1.64. The quantitative estimate of drug-likeness (QED) is 0.601. The van der Waals surface area contributed by atoms with E-state index in [4.69, 9.17) is 4.74 Å². The van der Waals surface area contributed by atoms with Crippen molar-refractivity contribution in [1.82, 2.24) is 15.5 Å². The summed E-state index contributed by atoms with van der Waals surface area (Å²) >= 11 is 0. The Balaban J connectivity index is 1.74. The Hall–Kier alpha value is -3.12. The van der Waals surface area contributed by atoms with Crippen molar-refractivity contribution in [3.8, 4) is 5.75 Å². The number of carbonyl (C=O) groups excluding carboxylic acids is 1. The number of aromatic amines is 1. The molecule has 6 heteroatoms. The molecule has 2 aromatic carbocycles. The van der Waals surface area contributed by atoms with Gasteiger partial charge in [0.2, 0.25) is 5.91 Å². The van der Waals surface area contributed by atoms with E-state index in [-0.39, 0.29) is 18.5 Å². The second-order valence-electron chi connectivity index (χ2n) is 6.35. The van der Waals surface area contributed by atoms with E-state index in [2.05, 4.69) is 20.8 Å². The molecule has 0 aliphatic rings. The second-order valence-corrected chi connectivity index (χ2v) is 6.35. The van der Waals surface area contributed by atoms with Crippen molar-refractivity contribution in [2.24, 2.45) is 0 Å². The van der Waals surface area contributed by atoms with Gasteiger partial charge in [-0.3, -0.25) is 15.2 Å². The SMILES string of the molecule is COc1ccc([C@@H](NCC(=O)Nc2c(C)n[nH]c2C)c2ccccc2)cc1. The molecule has 3 N–H and O–H groups in total. The predicted octanol–water partition coefficient (Wildman–Crippen LogP) is 3.35. The van der Waals surface area contributed by atoms with Crippen molar-refractivity contribution in [2.45, 2.75) is 19.9 Å². The third-order valence-corrected chi connectivity index (χ3v) is 4.44. The molecule has 1 heterocycles. The zero-order valence-electron chi connectivity index (χ0n) is 15.7. The molecule has 1 atom stereocenters. The van der Waals surface area contributed by atoms with E-state index in [0.29, 0.717) is 0 Å². The highest BCUT2D eigenvalue weighted by molar-refractivity contribution is 5.93. The molecule has 0 spiro atoms. The molecule has 0 saturated heterocycles. The Kier molecular flexibility index (Phi) is 5.88. The molecule has 0 radical (unpaired) electrons. The van der Waals surface area contributed by atoms with Crippen molar-refractivity contribution in [3.63, 3.8) is 0 Å². The van der Waals surface area contributed by atoms with Gasteiger partial charge in [-0.15, -0.1) is 0 Å². The van der Waals surface area contributed by atoms with Gasteiger partial charge in [0, 0.05) is 0 Å². The lowest BCUT2D eigenvalue weighted by Gasteiger charge is -2.20. The summed E-state index contributed by atoms with van der Waals surface area (Å²) in [5.74, 6) is 0.686. The lowest BCUT2D eigenvalue weighted by atomic mass is 9.98. The normalized spacial score (nSPS) is 11.8. The van der Waals surface area contributed by atoms with Crippen molar-refractivity contribution in [3.05, 3.63) is 77.1 Å². The first kappa shape index (κ1) is 18.7. The summed E-state index contributed by atoms with van der Waals surface area (Å²) in [6, 6.07) is 17.8. The number of amides is 1. The summed E-state index contributed by atoms with van der Waals surface area (Å²) in [5.41, 5.74) is 4.50. The van der Waals surface area contributed by atoms with Crippen LogP contribution in [-0.4, -0.2) is 29.8 Å². The molecule has 140 valence electrons. The van der Waals surface area contributed by atoms with Crippen molar-refractivity contribution < 1.29 is 9.53 Å². The Morgan fingerprint density at radius 1 is 1.07 bits per heavy atom. The van der Waals surface area contributed by atoms with Gasteiger partial charge in [-0.2, -0.15) is 5.10 Å². The highest BCUT2D eigenvalue weighted by Gasteiger charge is 2.16. The number of aromatic nitrogens is 2. The van der Waals surface area contributed by atoms with Gasteiger partial charge in [-0.25, -0.2) is 0 Å². The fourth-order valence-corrected chi connectivity index (χ4v) is 2.98. The molecule has 0 saturated carbocycles. The van der Waals surface area contributed by atoms with Gasteiger partial charge >= 0.3 is 0 Å². The van der Waals surface area contributed by atoms with E-state index in [1.165, 1.54) is 0 Å². The molecule has 0 bridgehead atoms. The van der Waals surface area contributed by atoms with Crippen molar-refractivity contribution in [2.75, 3.05) is 19.0 Å². The van der Waals surface area contributed by atoms with Gasteiger partial charge in [0.1, 0.15) is 5.75 Å². The minimum Gasteiger partial charge on any atom is -0.497 e. The number of nitrogens with zero attached hydrogens (tertiary/aromatic N) is 1. The van der Waals surface area contributed by atoms with Crippen LogP contribution in [0.25, 0.3) is 0 Å². The molecule has 0 fully saturated rings. The maximum absolute atomic E-state index is 12.4. The van der Waals surface area contributed by atoms with Crippen molar-refractivity contribution >= 4 is 11.6 Å². The van der Waals surface area contributed by atoms with Crippen LogP contribution in [0.15, 0.2) is 54.6 Å². The molecular weight excluding hydrogens is 340 g/mol. The van der Waals surface area contributed by atoms with Gasteiger partial charge in [-0.05, 0) is 37.1 Å². The van der Waals surface area contributed by atoms with Gasteiger partial charge in [0.05, 0.1) is 36.8 Å². The average molecular weight is 364 g/mol.